The standard InChI is InChI=1S/C4H5O2P/c5-4-2-1-3-7(4)6/h1,3,6H,2H2. The summed E-state index contributed by atoms with van der Waals surface area (Å²) in [6.45, 7) is 0. The highest BCUT2D eigenvalue weighted by Crippen LogP contribution is 2.38. The third kappa shape index (κ3) is 0.872. The van der Waals surface area contributed by atoms with Crippen molar-refractivity contribution in [1.29, 1.82) is 0 Å². The Morgan fingerprint density at radius 2 is 2.57 bits per heavy atom. The van der Waals surface area contributed by atoms with Gasteiger partial charge in [0.25, 0.3) is 0 Å². The highest BCUT2D eigenvalue weighted by Gasteiger charge is 2.14. The van der Waals surface area contributed by atoms with Gasteiger partial charge in [-0.25, -0.2) is 0 Å². The van der Waals surface area contributed by atoms with Gasteiger partial charge in [-0.3, -0.25) is 4.79 Å². The first-order valence-corrected chi connectivity index (χ1v) is 3.34. The molecular weight excluding hydrogens is 111 g/mol. The molecule has 1 aliphatic rings. The molecule has 38 valence electrons. The third-order valence-corrected chi connectivity index (χ3v) is 1.98. The zero-order valence-electron chi connectivity index (χ0n) is 3.66. The van der Waals surface area contributed by atoms with Crippen LogP contribution in [0.2, 0.25) is 0 Å². The molecule has 1 unspecified atom stereocenters. The summed E-state index contributed by atoms with van der Waals surface area (Å²) < 4.78 is 0. The molecule has 1 heterocycles. The molecule has 0 bridgehead atoms. The first-order valence-electron chi connectivity index (χ1n) is 1.98. The summed E-state index contributed by atoms with van der Waals surface area (Å²) >= 11 is 0. The zero-order valence-corrected chi connectivity index (χ0v) is 4.56. The second-order valence-electron chi connectivity index (χ2n) is 1.33. The average molecular weight is 116 g/mol. The summed E-state index contributed by atoms with van der Waals surface area (Å²) in [5.41, 5.74) is -0.0324. The van der Waals surface area contributed by atoms with Gasteiger partial charge in [0.1, 0.15) is 8.15 Å². The third-order valence-electron chi connectivity index (χ3n) is 0.795. The molecule has 0 saturated heterocycles. The minimum absolute atomic E-state index is 0.0324. The summed E-state index contributed by atoms with van der Waals surface area (Å²) in [6, 6.07) is 0. The van der Waals surface area contributed by atoms with Crippen LogP contribution in [0.1, 0.15) is 6.42 Å². The quantitative estimate of drug-likeness (QED) is 0.475. The van der Waals surface area contributed by atoms with Crippen LogP contribution < -0.4 is 0 Å². The van der Waals surface area contributed by atoms with E-state index in [1.165, 1.54) is 0 Å². The van der Waals surface area contributed by atoms with Crippen LogP contribution >= 0.6 is 8.15 Å². The summed E-state index contributed by atoms with van der Waals surface area (Å²) in [6.07, 6.45) is 2.14. The normalized spacial score (nSPS) is 29.3. The molecule has 0 aromatic rings. The Hall–Kier alpha value is -0.200. The van der Waals surface area contributed by atoms with Crippen molar-refractivity contribution < 1.29 is 9.69 Å². The van der Waals surface area contributed by atoms with Gasteiger partial charge in [-0.05, 0) is 5.82 Å². The van der Waals surface area contributed by atoms with Crippen LogP contribution in [0, 0.1) is 0 Å². The van der Waals surface area contributed by atoms with E-state index < -0.39 is 8.15 Å². The van der Waals surface area contributed by atoms with Crippen molar-refractivity contribution in [3.63, 3.8) is 0 Å². The molecule has 1 atom stereocenters. The molecular formula is C4H5O2P. The molecule has 0 amide bonds. The van der Waals surface area contributed by atoms with Gasteiger partial charge in [-0.1, -0.05) is 6.08 Å². The molecule has 3 heteroatoms. The predicted molar refractivity (Wildman–Crippen MR) is 27.9 cm³/mol. The Morgan fingerprint density at radius 1 is 1.86 bits per heavy atom. The van der Waals surface area contributed by atoms with E-state index in [4.69, 9.17) is 4.89 Å². The van der Waals surface area contributed by atoms with Crippen molar-refractivity contribution >= 4 is 13.7 Å². The fraction of sp³-hybridized carbons (Fsp3) is 0.250. The zero-order chi connectivity index (χ0) is 5.28. The fourth-order valence-electron chi connectivity index (χ4n) is 0.430. The number of carbonyl (C=O) groups is 1. The smallest absolute Gasteiger partial charge is 0.189 e. The maximum absolute atomic E-state index is 10.3. The van der Waals surface area contributed by atoms with E-state index in [1.54, 1.807) is 11.9 Å². The summed E-state index contributed by atoms with van der Waals surface area (Å²) in [4.78, 5) is 18.9. The molecule has 2 nitrogen and oxygen atoms in total. The van der Waals surface area contributed by atoms with Gasteiger partial charge in [0.15, 0.2) is 5.52 Å². The number of hydrogen-bond acceptors (Lipinski definition) is 2. The Balaban J connectivity index is 2.62. The molecule has 0 spiro atoms. The van der Waals surface area contributed by atoms with Crippen molar-refractivity contribution in [2.24, 2.45) is 0 Å². The molecule has 0 radical (unpaired) electrons. The average Bonchev–Trinajstić information content (AvgIpc) is 1.91. The summed E-state index contributed by atoms with van der Waals surface area (Å²) in [5.74, 6) is 1.57. The van der Waals surface area contributed by atoms with Crippen LogP contribution in [0.3, 0.4) is 0 Å². The number of carbonyl (C=O) groups excluding carboxylic acids is 1. The van der Waals surface area contributed by atoms with Crippen molar-refractivity contribution in [3.8, 4) is 0 Å². The largest absolute Gasteiger partial charge is 0.362 e. The van der Waals surface area contributed by atoms with Crippen molar-refractivity contribution in [2.75, 3.05) is 0 Å². The fourth-order valence-corrected chi connectivity index (χ4v) is 1.19. The van der Waals surface area contributed by atoms with Gasteiger partial charge >= 0.3 is 0 Å². The Morgan fingerprint density at radius 3 is 2.71 bits per heavy atom. The lowest BCUT2D eigenvalue weighted by Crippen LogP contribution is -1.81. The van der Waals surface area contributed by atoms with E-state index in [1.807, 2.05) is 0 Å². The predicted octanol–water partition coefficient (Wildman–Crippen LogP) is 0.820. The first kappa shape index (κ1) is 4.95. The minimum Gasteiger partial charge on any atom is -0.362 e. The van der Waals surface area contributed by atoms with Gasteiger partial charge in [0, 0.05) is 6.42 Å². The highest BCUT2D eigenvalue weighted by atomic mass is 31.1. The van der Waals surface area contributed by atoms with Crippen molar-refractivity contribution in [1.82, 2.24) is 0 Å². The number of hydrogen-bond donors (Lipinski definition) is 1. The van der Waals surface area contributed by atoms with Gasteiger partial charge in [-0.15, -0.1) is 0 Å². The van der Waals surface area contributed by atoms with E-state index in [0.717, 1.165) is 0 Å². The number of allylic oxidation sites excluding steroid dienone is 1. The highest BCUT2D eigenvalue weighted by molar-refractivity contribution is 7.73. The van der Waals surface area contributed by atoms with E-state index in [0.29, 0.717) is 6.42 Å². The second-order valence-corrected chi connectivity index (χ2v) is 2.81. The SMILES string of the molecule is O=C1CC=CP1O. The lowest BCUT2D eigenvalue weighted by Gasteiger charge is -1.88. The van der Waals surface area contributed by atoms with Gasteiger partial charge in [0.05, 0.1) is 0 Å². The van der Waals surface area contributed by atoms with E-state index in [9.17, 15) is 4.79 Å². The van der Waals surface area contributed by atoms with Gasteiger partial charge < -0.3 is 4.89 Å². The lowest BCUT2D eigenvalue weighted by atomic mass is 10.5. The van der Waals surface area contributed by atoms with Crippen molar-refractivity contribution in [3.05, 3.63) is 11.9 Å². The molecule has 1 aliphatic heterocycles. The Kier molecular flexibility index (Phi) is 1.22. The molecule has 1 rings (SSSR count). The number of rotatable bonds is 0. The molecule has 0 aromatic carbocycles. The van der Waals surface area contributed by atoms with E-state index >= 15 is 0 Å². The van der Waals surface area contributed by atoms with Crippen LogP contribution in [0.5, 0.6) is 0 Å². The van der Waals surface area contributed by atoms with Crippen LogP contribution in [0.25, 0.3) is 0 Å². The maximum atomic E-state index is 10.3. The first-order chi connectivity index (χ1) is 3.30. The van der Waals surface area contributed by atoms with Gasteiger partial charge in [-0.2, -0.15) is 0 Å². The minimum atomic E-state index is -1.35. The summed E-state index contributed by atoms with van der Waals surface area (Å²) in [5, 5.41) is 0. The second kappa shape index (κ2) is 1.73. The lowest BCUT2D eigenvalue weighted by molar-refractivity contribution is -0.111. The van der Waals surface area contributed by atoms with Crippen LogP contribution in [0.15, 0.2) is 11.9 Å². The molecule has 0 saturated carbocycles. The van der Waals surface area contributed by atoms with E-state index in [2.05, 4.69) is 0 Å². The molecule has 7 heavy (non-hydrogen) atoms. The van der Waals surface area contributed by atoms with E-state index in [-0.39, 0.29) is 5.52 Å². The monoisotopic (exact) mass is 116 g/mol. The van der Waals surface area contributed by atoms with Gasteiger partial charge in [0.2, 0.25) is 0 Å². The topological polar surface area (TPSA) is 37.3 Å². The van der Waals surface area contributed by atoms with Crippen LogP contribution in [-0.2, 0) is 4.79 Å². The Bertz CT molecular complexity index is 119. The summed E-state index contributed by atoms with van der Waals surface area (Å²) in [7, 11) is -1.35. The molecule has 0 aromatic heterocycles. The van der Waals surface area contributed by atoms with Crippen molar-refractivity contribution in [2.45, 2.75) is 6.42 Å². The molecule has 1 N–H and O–H groups in total. The maximum Gasteiger partial charge on any atom is 0.189 e. The van der Waals surface area contributed by atoms with Crippen LogP contribution in [0.4, 0.5) is 0 Å². The van der Waals surface area contributed by atoms with Crippen LogP contribution in [-0.4, -0.2) is 10.4 Å². The molecule has 0 aliphatic carbocycles. The Labute approximate surface area is 42.7 Å². The molecule has 0 fully saturated rings.